The first-order valence-electron chi connectivity index (χ1n) is 10.2. The lowest BCUT2D eigenvalue weighted by Gasteiger charge is -2.42. The molecule has 2 aromatic rings. The standard InChI is InChI=1S/C24H25N3O3/c1-16(2)26-14-19(27-15-25-23(29)22(28)21(27)24(26)30)20(18-12-8-5-9-13-18)17-10-6-3-4-7-11-17/h3-10,12-13,15-16,19-20,28H,11,14H2,1-2H3/t19-,20?/m1/s1. The third-order valence-corrected chi connectivity index (χ3v) is 5.78. The van der Waals surface area contributed by atoms with Gasteiger partial charge in [-0.1, -0.05) is 66.3 Å². The van der Waals surface area contributed by atoms with Gasteiger partial charge in [-0.2, -0.15) is 4.98 Å². The van der Waals surface area contributed by atoms with Crippen molar-refractivity contribution in [3.63, 3.8) is 0 Å². The van der Waals surface area contributed by atoms with Gasteiger partial charge in [0.2, 0.25) is 5.75 Å². The van der Waals surface area contributed by atoms with Crippen molar-refractivity contribution >= 4 is 5.91 Å². The SMILES string of the molecule is CC(C)N1C[C@H](C(C2=CC=CC=CC2)c2ccccc2)n2cnc(=O)c(O)c2C1=O. The Morgan fingerprint density at radius 1 is 1.10 bits per heavy atom. The molecule has 0 fully saturated rings. The summed E-state index contributed by atoms with van der Waals surface area (Å²) in [7, 11) is 0. The molecule has 1 aliphatic heterocycles. The van der Waals surface area contributed by atoms with Crippen molar-refractivity contribution in [1.29, 1.82) is 0 Å². The molecular formula is C24H25N3O3. The maximum atomic E-state index is 13.1. The Labute approximate surface area is 175 Å². The zero-order valence-corrected chi connectivity index (χ0v) is 17.1. The average Bonchev–Trinajstić information content (AvgIpc) is 3.02. The second-order valence-electron chi connectivity index (χ2n) is 7.92. The molecule has 154 valence electrons. The highest BCUT2D eigenvalue weighted by Crippen LogP contribution is 2.41. The smallest absolute Gasteiger partial charge is 0.315 e. The van der Waals surface area contributed by atoms with Crippen LogP contribution in [0.2, 0.25) is 0 Å². The van der Waals surface area contributed by atoms with Crippen LogP contribution in [-0.4, -0.2) is 38.1 Å². The Morgan fingerprint density at radius 3 is 2.60 bits per heavy atom. The number of allylic oxidation sites excluding steroid dienone is 6. The molecule has 0 saturated carbocycles. The topological polar surface area (TPSA) is 75.4 Å². The van der Waals surface area contributed by atoms with E-state index in [1.165, 1.54) is 11.9 Å². The van der Waals surface area contributed by atoms with Gasteiger partial charge in [0.05, 0.1) is 12.4 Å². The van der Waals surface area contributed by atoms with Gasteiger partial charge < -0.3 is 14.6 Å². The lowest BCUT2D eigenvalue weighted by atomic mass is 9.81. The first-order chi connectivity index (χ1) is 14.5. The lowest BCUT2D eigenvalue weighted by Crippen LogP contribution is -2.49. The molecule has 0 saturated heterocycles. The van der Waals surface area contributed by atoms with Crippen LogP contribution in [0.1, 0.15) is 48.3 Å². The minimum atomic E-state index is -0.783. The Balaban J connectivity index is 1.93. The number of nitrogens with zero attached hydrogens (tertiary/aromatic N) is 3. The number of aromatic nitrogens is 2. The molecular weight excluding hydrogens is 378 g/mol. The number of rotatable bonds is 4. The molecule has 1 N–H and O–H groups in total. The molecule has 2 aliphatic rings. The molecule has 2 heterocycles. The number of fused-ring (bicyclic) bond motifs is 1. The normalized spacial score (nSPS) is 19.4. The number of hydrogen-bond acceptors (Lipinski definition) is 4. The van der Waals surface area contributed by atoms with Crippen LogP contribution in [0.25, 0.3) is 0 Å². The summed E-state index contributed by atoms with van der Waals surface area (Å²) in [5.41, 5.74) is 1.54. The first-order valence-corrected chi connectivity index (χ1v) is 10.2. The Morgan fingerprint density at radius 2 is 1.87 bits per heavy atom. The van der Waals surface area contributed by atoms with Crippen molar-refractivity contribution in [3.8, 4) is 5.75 Å². The van der Waals surface area contributed by atoms with Crippen LogP contribution < -0.4 is 5.56 Å². The predicted octanol–water partition coefficient (Wildman–Crippen LogP) is 3.58. The summed E-state index contributed by atoms with van der Waals surface area (Å²) >= 11 is 0. The molecule has 0 spiro atoms. The van der Waals surface area contributed by atoms with E-state index < -0.39 is 11.3 Å². The Kier molecular flexibility index (Phi) is 5.40. The van der Waals surface area contributed by atoms with Gasteiger partial charge in [-0.15, -0.1) is 0 Å². The molecule has 0 radical (unpaired) electrons. The predicted molar refractivity (Wildman–Crippen MR) is 116 cm³/mol. The van der Waals surface area contributed by atoms with E-state index in [2.05, 4.69) is 29.3 Å². The summed E-state index contributed by atoms with van der Waals surface area (Å²) in [6, 6.07) is 9.85. The van der Waals surface area contributed by atoms with Gasteiger partial charge in [0.15, 0.2) is 5.69 Å². The van der Waals surface area contributed by atoms with E-state index in [-0.39, 0.29) is 29.6 Å². The summed E-state index contributed by atoms with van der Waals surface area (Å²) in [6.07, 6.45) is 12.4. The van der Waals surface area contributed by atoms with Gasteiger partial charge in [-0.05, 0) is 25.8 Å². The summed E-state index contributed by atoms with van der Waals surface area (Å²) < 4.78 is 1.69. The number of carbonyl (C=O) groups is 1. The van der Waals surface area contributed by atoms with E-state index in [0.717, 1.165) is 12.0 Å². The van der Waals surface area contributed by atoms with Gasteiger partial charge in [0.25, 0.3) is 5.91 Å². The van der Waals surface area contributed by atoms with Crippen LogP contribution in [0.3, 0.4) is 0 Å². The fourth-order valence-electron chi connectivity index (χ4n) is 4.31. The average molecular weight is 403 g/mol. The van der Waals surface area contributed by atoms with Crippen molar-refractivity contribution < 1.29 is 9.90 Å². The Bertz CT molecular complexity index is 1100. The van der Waals surface area contributed by atoms with Crippen LogP contribution in [-0.2, 0) is 0 Å². The van der Waals surface area contributed by atoms with E-state index in [4.69, 9.17) is 0 Å². The zero-order chi connectivity index (χ0) is 21.3. The van der Waals surface area contributed by atoms with Gasteiger partial charge in [0, 0.05) is 18.5 Å². The summed E-state index contributed by atoms with van der Waals surface area (Å²) in [5.74, 6) is -0.991. The molecule has 30 heavy (non-hydrogen) atoms. The maximum Gasteiger partial charge on any atom is 0.315 e. The monoisotopic (exact) mass is 403 g/mol. The number of carbonyl (C=O) groups excluding carboxylic acids is 1. The number of benzene rings is 1. The van der Waals surface area contributed by atoms with E-state index >= 15 is 0 Å². The molecule has 6 heteroatoms. The molecule has 1 aromatic carbocycles. The van der Waals surface area contributed by atoms with Crippen molar-refractivity contribution in [2.24, 2.45) is 0 Å². The molecule has 4 rings (SSSR count). The maximum absolute atomic E-state index is 13.1. The second-order valence-corrected chi connectivity index (χ2v) is 7.92. The van der Waals surface area contributed by atoms with Gasteiger partial charge in [-0.25, -0.2) is 0 Å². The van der Waals surface area contributed by atoms with E-state index in [0.29, 0.717) is 6.54 Å². The van der Waals surface area contributed by atoms with Crippen molar-refractivity contribution in [2.45, 2.75) is 38.3 Å². The summed E-state index contributed by atoms with van der Waals surface area (Å²) in [4.78, 5) is 30.7. The van der Waals surface area contributed by atoms with Gasteiger partial charge in [-0.3, -0.25) is 9.59 Å². The van der Waals surface area contributed by atoms with Crippen LogP contribution in [0.15, 0.2) is 77.4 Å². The van der Waals surface area contributed by atoms with Crippen LogP contribution in [0, 0.1) is 0 Å². The van der Waals surface area contributed by atoms with Crippen LogP contribution >= 0.6 is 0 Å². The van der Waals surface area contributed by atoms with Gasteiger partial charge >= 0.3 is 5.56 Å². The van der Waals surface area contributed by atoms with Crippen molar-refractivity contribution in [1.82, 2.24) is 14.5 Å². The van der Waals surface area contributed by atoms with E-state index in [9.17, 15) is 14.7 Å². The third kappa shape index (κ3) is 3.49. The zero-order valence-electron chi connectivity index (χ0n) is 17.1. The molecule has 1 aromatic heterocycles. The number of aromatic hydroxyl groups is 1. The molecule has 1 amide bonds. The summed E-state index contributed by atoms with van der Waals surface area (Å²) in [6.45, 7) is 4.33. The number of amides is 1. The van der Waals surface area contributed by atoms with Crippen LogP contribution in [0.4, 0.5) is 0 Å². The third-order valence-electron chi connectivity index (χ3n) is 5.78. The first kappa shape index (κ1) is 19.9. The fraction of sp³-hybridized carbons (Fsp3) is 0.292. The highest BCUT2D eigenvalue weighted by atomic mass is 16.3. The molecule has 2 atom stereocenters. The molecule has 6 nitrogen and oxygen atoms in total. The Hall–Kier alpha value is -3.41. The van der Waals surface area contributed by atoms with Gasteiger partial charge in [0.1, 0.15) is 0 Å². The van der Waals surface area contributed by atoms with E-state index in [1.54, 1.807) is 9.47 Å². The fourth-order valence-corrected chi connectivity index (χ4v) is 4.31. The molecule has 1 aliphatic carbocycles. The molecule has 0 bridgehead atoms. The van der Waals surface area contributed by atoms with Crippen molar-refractivity contribution in [2.75, 3.05) is 6.54 Å². The largest absolute Gasteiger partial charge is 0.501 e. The second kappa shape index (κ2) is 8.14. The van der Waals surface area contributed by atoms with Crippen molar-refractivity contribution in [3.05, 3.63) is 94.2 Å². The minimum Gasteiger partial charge on any atom is -0.501 e. The quantitative estimate of drug-likeness (QED) is 0.847. The summed E-state index contributed by atoms with van der Waals surface area (Å²) in [5, 5.41) is 10.5. The highest BCUT2D eigenvalue weighted by Gasteiger charge is 2.40. The molecule has 1 unspecified atom stereocenters. The lowest BCUT2D eigenvalue weighted by molar-refractivity contribution is 0.0584. The highest BCUT2D eigenvalue weighted by molar-refractivity contribution is 5.96. The number of hydrogen-bond donors (Lipinski definition) is 1. The van der Waals surface area contributed by atoms with Crippen LogP contribution in [0.5, 0.6) is 5.75 Å². The minimum absolute atomic E-state index is 0.0150. The van der Waals surface area contributed by atoms with E-state index in [1.807, 2.05) is 50.3 Å².